The lowest BCUT2D eigenvalue weighted by Gasteiger charge is -2.29. The Balaban J connectivity index is 2.79. The van der Waals surface area contributed by atoms with Crippen molar-refractivity contribution in [2.75, 3.05) is 13.2 Å². The summed E-state index contributed by atoms with van der Waals surface area (Å²) in [6.45, 7) is 6.90. The Kier molecular flexibility index (Phi) is 3.45. The molecule has 2 atom stereocenters. The lowest BCUT2D eigenvalue weighted by molar-refractivity contribution is -0.150. The first-order chi connectivity index (χ1) is 6.17. The van der Waals surface area contributed by atoms with Gasteiger partial charge in [0.25, 0.3) is 0 Å². The standard InChI is InChI=1S/C10H18O3/c1-4-9(11)10(13-5-2)6-7-12-8(10)3/h8H,4-7H2,1-3H3. The molecule has 0 aromatic rings. The van der Waals surface area contributed by atoms with Gasteiger partial charge in [-0.05, 0) is 13.8 Å². The second-order valence-corrected chi connectivity index (χ2v) is 3.36. The Morgan fingerprint density at radius 2 is 2.31 bits per heavy atom. The first kappa shape index (κ1) is 10.7. The quantitative estimate of drug-likeness (QED) is 0.668. The van der Waals surface area contributed by atoms with E-state index in [1.165, 1.54) is 0 Å². The van der Waals surface area contributed by atoms with Crippen molar-refractivity contribution in [1.29, 1.82) is 0 Å². The molecule has 0 spiro atoms. The second kappa shape index (κ2) is 4.20. The zero-order valence-electron chi connectivity index (χ0n) is 8.63. The van der Waals surface area contributed by atoms with Crippen LogP contribution in [0.3, 0.4) is 0 Å². The lowest BCUT2D eigenvalue weighted by Crippen LogP contribution is -2.47. The summed E-state index contributed by atoms with van der Waals surface area (Å²) < 4.78 is 11.0. The molecule has 1 saturated heterocycles. The monoisotopic (exact) mass is 186 g/mol. The van der Waals surface area contributed by atoms with Crippen molar-refractivity contribution in [2.45, 2.75) is 45.3 Å². The minimum atomic E-state index is -0.649. The van der Waals surface area contributed by atoms with E-state index in [9.17, 15) is 4.79 Å². The molecule has 1 fully saturated rings. The first-order valence-corrected chi connectivity index (χ1v) is 4.96. The van der Waals surface area contributed by atoms with Crippen molar-refractivity contribution in [3.05, 3.63) is 0 Å². The van der Waals surface area contributed by atoms with Gasteiger partial charge < -0.3 is 9.47 Å². The lowest BCUT2D eigenvalue weighted by atomic mass is 9.89. The molecule has 0 bridgehead atoms. The molecule has 1 rings (SSSR count). The fourth-order valence-electron chi connectivity index (χ4n) is 1.92. The third-order valence-corrected chi connectivity index (χ3v) is 2.69. The van der Waals surface area contributed by atoms with Crippen molar-refractivity contribution in [3.8, 4) is 0 Å². The molecule has 0 aromatic heterocycles. The maximum absolute atomic E-state index is 11.7. The summed E-state index contributed by atoms with van der Waals surface area (Å²) in [5, 5.41) is 0. The molecule has 0 aromatic carbocycles. The molecule has 0 radical (unpaired) electrons. The first-order valence-electron chi connectivity index (χ1n) is 4.96. The Morgan fingerprint density at radius 3 is 2.69 bits per heavy atom. The highest BCUT2D eigenvalue weighted by atomic mass is 16.6. The van der Waals surface area contributed by atoms with Crippen LogP contribution in [0.15, 0.2) is 0 Å². The Bertz CT molecular complexity index is 191. The molecule has 0 saturated carbocycles. The van der Waals surface area contributed by atoms with Crippen LogP contribution in [0, 0.1) is 0 Å². The normalized spacial score (nSPS) is 33.6. The Hall–Kier alpha value is -0.410. The van der Waals surface area contributed by atoms with Gasteiger partial charge in [-0.15, -0.1) is 0 Å². The van der Waals surface area contributed by atoms with Crippen molar-refractivity contribution in [1.82, 2.24) is 0 Å². The summed E-state index contributed by atoms with van der Waals surface area (Å²) in [5.74, 6) is 0.166. The topological polar surface area (TPSA) is 35.5 Å². The maximum Gasteiger partial charge on any atom is 0.167 e. The van der Waals surface area contributed by atoms with E-state index in [1.807, 2.05) is 20.8 Å². The van der Waals surface area contributed by atoms with Crippen LogP contribution in [0.5, 0.6) is 0 Å². The summed E-state index contributed by atoms with van der Waals surface area (Å²) in [6, 6.07) is 0. The zero-order chi connectivity index (χ0) is 9.90. The van der Waals surface area contributed by atoms with E-state index in [-0.39, 0.29) is 11.9 Å². The summed E-state index contributed by atoms with van der Waals surface area (Å²) in [6.07, 6.45) is 1.13. The van der Waals surface area contributed by atoms with Crippen molar-refractivity contribution < 1.29 is 14.3 Å². The van der Waals surface area contributed by atoms with Crippen LogP contribution in [0.4, 0.5) is 0 Å². The molecule has 13 heavy (non-hydrogen) atoms. The molecule has 1 heterocycles. The van der Waals surface area contributed by atoms with E-state index < -0.39 is 5.60 Å². The van der Waals surface area contributed by atoms with E-state index in [0.29, 0.717) is 26.1 Å². The molecule has 0 amide bonds. The number of carbonyl (C=O) groups excluding carboxylic acids is 1. The predicted molar refractivity (Wildman–Crippen MR) is 49.7 cm³/mol. The highest BCUT2D eigenvalue weighted by Gasteiger charge is 2.47. The smallest absolute Gasteiger partial charge is 0.167 e. The molecular weight excluding hydrogens is 168 g/mol. The van der Waals surface area contributed by atoms with Crippen molar-refractivity contribution >= 4 is 5.78 Å². The average molecular weight is 186 g/mol. The van der Waals surface area contributed by atoms with Gasteiger partial charge in [0.05, 0.1) is 12.7 Å². The largest absolute Gasteiger partial charge is 0.375 e. The molecule has 2 unspecified atom stereocenters. The summed E-state index contributed by atoms with van der Waals surface area (Å²) in [5.41, 5.74) is -0.649. The second-order valence-electron chi connectivity index (χ2n) is 3.36. The fraction of sp³-hybridized carbons (Fsp3) is 0.900. The van der Waals surface area contributed by atoms with E-state index >= 15 is 0 Å². The van der Waals surface area contributed by atoms with Gasteiger partial charge in [-0.2, -0.15) is 0 Å². The third-order valence-electron chi connectivity index (χ3n) is 2.69. The van der Waals surface area contributed by atoms with E-state index in [1.54, 1.807) is 0 Å². The van der Waals surface area contributed by atoms with Crippen molar-refractivity contribution in [3.63, 3.8) is 0 Å². The SMILES string of the molecule is CCOC1(C(=O)CC)CCOC1C. The Morgan fingerprint density at radius 1 is 1.62 bits per heavy atom. The van der Waals surface area contributed by atoms with Crippen LogP contribution in [-0.4, -0.2) is 30.7 Å². The van der Waals surface area contributed by atoms with Gasteiger partial charge in [0, 0.05) is 19.4 Å². The van der Waals surface area contributed by atoms with Gasteiger partial charge in [0.15, 0.2) is 11.4 Å². The molecular formula is C10H18O3. The number of hydrogen-bond acceptors (Lipinski definition) is 3. The molecule has 3 nitrogen and oxygen atoms in total. The summed E-state index contributed by atoms with van der Waals surface area (Å²) in [4.78, 5) is 11.7. The number of carbonyl (C=O) groups is 1. The molecule has 1 aliphatic rings. The average Bonchev–Trinajstić information content (AvgIpc) is 2.48. The van der Waals surface area contributed by atoms with Gasteiger partial charge >= 0.3 is 0 Å². The number of ketones is 1. The van der Waals surface area contributed by atoms with E-state index in [2.05, 4.69) is 0 Å². The molecule has 1 aliphatic heterocycles. The number of Topliss-reactive ketones (excluding diaryl/α,β-unsaturated/α-hetero) is 1. The van der Waals surface area contributed by atoms with Gasteiger partial charge in [0.2, 0.25) is 0 Å². The third kappa shape index (κ3) is 1.76. The fourth-order valence-corrected chi connectivity index (χ4v) is 1.92. The van der Waals surface area contributed by atoms with Crippen LogP contribution < -0.4 is 0 Å². The van der Waals surface area contributed by atoms with Crippen LogP contribution in [0.25, 0.3) is 0 Å². The van der Waals surface area contributed by atoms with Crippen LogP contribution in [0.2, 0.25) is 0 Å². The van der Waals surface area contributed by atoms with Gasteiger partial charge in [-0.1, -0.05) is 6.92 Å². The van der Waals surface area contributed by atoms with E-state index in [0.717, 1.165) is 0 Å². The molecule has 0 aliphatic carbocycles. The van der Waals surface area contributed by atoms with Gasteiger partial charge in [-0.3, -0.25) is 4.79 Å². The van der Waals surface area contributed by atoms with Crippen molar-refractivity contribution in [2.24, 2.45) is 0 Å². The zero-order valence-corrected chi connectivity index (χ0v) is 8.63. The molecule has 0 N–H and O–H groups in total. The number of ether oxygens (including phenoxy) is 2. The van der Waals surface area contributed by atoms with Gasteiger partial charge in [-0.25, -0.2) is 0 Å². The summed E-state index contributed by atoms with van der Waals surface area (Å²) >= 11 is 0. The highest BCUT2D eigenvalue weighted by Crippen LogP contribution is 2.31. The Labute approximate surface area is 79.4 Å². The van der Waals surface area contributed by atoms with Crippen LogP contribution in [0.1, 0.15) is 33.6 Å². The van der Waals surface area contributed by atoms with Gasteiger partial charge in [0.1, 0.15) is 0 Å². The minimum absolute atomic E-state index is 0.0973. The molecule has 76 valence electrons. The van der Waals surface area contributed by atoms with Crippen LogP contribution in [-0.2, 0) is 14.3 Å². The number of hydrogen-bond donors (Lipinski definition) is 0. The maximum atomic E-state index is 11.7. The predicted octanol–water partition coefficient (Wildman–Crippen LogP) is 1.55. The molecule has 3 heteroatoms. The highest BCUT2D eigenvalue weighted by molar-refractivity contribution is 5.88. The minimum Gasteiger partial charge on any atom is -0.375 e. The van der Waals surface area contributed by atoms with Crippen LogP contribution >= 0.6 is 0 Å². The number of rotatable bonds is 4. The van der Waals surface area contributed by atoms with E-state index in [4.69, 9.17) is 9.47 Å². The summed E-state index contributed by atoms with van der Waals surface area (Å²) in [7, 11) is 0.